The van der Waals surface area contributed by atoms with E-state index in [1.165, 1.54) is 6.92 Å². The third kappa shape index (κ3) is 5.86. The Kier molecular flexibility index (Phi) is 7.63. The first-order valence-corrected chi connectivity index (χ1v) is 9.36. The fourth-order valence-electron chi connectivity index (χ4n) is 3.01. The van der Waals surface area contributed by atoms with E-state index < -0.39 is 0 Å². The Bertz CT molecular complexity index is 649. The molecular weight excluding hydrogens is 332 g/mol. The van der Waals surface area contributed by atoms with Crippen LogP contribution in [0.15, 0.2) is 18.2 Å². The van der Waals surface area contributed by atoms with Crippen LogP contribution < -0.4 is 10.1 Å². The van der Waals surface area contributed by atoms with Crippen LogP contribution in [0.3, 0.4) is 0 Å². The molecule has 0 saturated carbocycles. The lowest BCUT2D eigenvalue weighted by molar-refractivity contribution is -0.133. The molecule has 1 aromatic rings. The van der Waals surface area contributed by atoms with E-state index in [9.17, 15) is 14.4 Å². The third-order valence-electron chi connectivity index (χ3n) is 4.43. The van der Waals surface area contributed by atoms with Gasteiger partial charge in [0.2, 0.25) is 5.91 Å². The molecule has 0 atom stereocenters. The molecule has 6 nitrogen and oxygen atoms in total. The number of hydrogen-bond acceptors (Lipinski definition) is 4. The van der Waals surface area contributed by atoms with Gasteiger partial charge in [-0.2, -0.15) is 0 Å². The highest BCUT2D eigenvalue weighted by Crippen LogP contribution is 2.24. The highest BCUT2D eigenvalue weighted by atomic mass is 16.5. The minimum atomic E-state index is -0.172. The average molecular weight is 360 g/mol. The number of ether oxygens (including phenoxy) is 1. The number of nitrogens with one attached hydrogen (secondary N) is 1. The number of nitrogens with zero attached hydrogens (tertiary/aromatic N) is 1. The number of Topliss-reactive ketones (excluding diaryl/α,β-unsaturated/α-hetero) is 1. The maximum absolute atomic E-state index is 12.3. The molecule has 0 aromatic heterocycles. The van der Waals surface area contributed by atoms with Crippen molar-refractivity contribution < 1.29 is 19.1 Å². The lowest BCUT2D eigenvalue weighted by Crippen LogP contribution is -2.35. The Morgan fingerprint density at radius 2 is 1.81 bits per heavy atom. The number of benzene rings is 1. The average Bonchev–Trinajstić information content (AvgIpc) is 2.89. The summed E-state index contributed by atoms with van der Waals surface area (Å²) in [4.78, 5) is 37.8. The van der Waals surface area contributed by atoms with Crippen molar-refractivity contribution in [2.75, 3.05) is 25.0 Å². The Morgan fingerprint density at radius 3 is 2.42 bits per heavy atom. The van der Waals surface area contributed by atoms with Crippen molar-refractivity contribution >= 4 is 23.3 Å². The number of likely N-dealkylation sites (tertiary alicyclic amines) is 1. The van der Waals surface area contributed by atoms with Crippen LogP contribution in [-0.2, 0) is 9.59 Å². The quantitative estimate of drug-likeness (QED) is 0.756. The Morgan fingerprint density at radius 1 is 1.12 bits per heavy atom. The second-order valence-corrected chi connectivity index (χ2v) is 6.65. The predicted octanol–water partition coefficient (Wildman–Crippen LogP) is 3.41. The van der Waals surface area contributed by atoms with E-state index in [1.54, 1.807) is 18.2 Å². The fraction of sp³-hybridized carbons (Fsp3) is 0.550. The molecule has 0 aliphatic carbocycles. The third-order valence-corrected chi connectivity index (χ3v) is 4.43. The van der Waals surface area contributed by atoms with E-state index >= 15 is 0 Å². The molecule has 1 saturated heterocycles. The monoisotopic (exact) mass is 360 g/mol. The van der Waals surface area contributed by atoms with E-state index in [0.29, 0.717) is 23.4 Å². The maximum Gasteiger partial charge on any atom is 0.260 e. The van der Waals surface area contributed by atoms with Crippen LogP contribution in [0.2, 0.25) is 0 Å². The second-order valence-electron chi connectivity index (χ2n) is 6.65. The van der Waals surface area contributed by atoms with Crippen LogP contribution in [-0.4, -0.2) is 42.2 Å². The number of anilines is 1. The van der Waals surface area contributed by atoms with Crippen molar-refractivity contribution in [1.82, 2.24) is 4.90 Å². The molecule has 0 bridgehead atoms. The highest BCUT2D eigenvalue weighted by molar-refractivity contribution is 5.99. The molecule has 142 valence electrons. The highest BCUT2D eigenvalue weighted by Gasteiger charge is 2.17. The van der Waals surface area contributed by atoms with Crippen molar-refractivity contribution in [3.05, 3.63) is 23.8 Å². The van der Waals surface area contributed by atoms with Gasteiger partial charge in [-0.3, -0.25) is 14.4 Å². The van der Waals surface area contributed by atoms with Gasteiger partial charge in [0.1, 0.15) is 5.75 Å². The van der Waals surface area contributed by atoms with Crippen molar-refractivity contribution in [1.29, 1.82) is 0 Å². The second kappa shape index (κ2) is 9.94. The molecule has 0 unspecified atom stereocenters. The zero-order valence-corrected chi connectivity index (χ0v) is 15.7. The fourth-order valence-corrected chi connectivity index (χ4v) is 3.01. The van der Waals surface area contributed by atoms with Crippen molar-refractivity contribution in [3.63, 3.8) is 0 Å². The first kappa shape index (κ1) is 19.9. The maximum atomic E-state index is 12.3. The molecular formula is C20H28N2O4. The molecule has 2 rings (SSSR count). The van der Waals surface area contributed by atoms with E-state index in [0.717, 1.165) is 45.2 Å². The summed E-state index contributed by atoms with van der Waals surface area (Å²) < 4.78 is 5.64. The van der Waals surface area contributed by atoms with E-state index in [2.05, 4.69) is 5.32 Å². The van der Waals surface area contributed by atoms with Crippen LogP contribution in [0, 0.1) is 0 Å². The van der Waals surface area contributed by atoms with Gasteiger partial charge in [-0.25, -0.2) is 0 Å². The van der Waals surface area contributed by atoms with Crippen molar-refractivity contribution in [2.24, 2.45) is 0 Å². The van der Waals surface area contributed by atoms with E-state index in [1.807, 2.05) is 11.8 Å². The first-order valence-electron chi connectivity index (χ1n) is 9.36. The Balaban J connectivity index is 2.02. The van der Waals surface area contributed by atoms with Gasteiger partial charge in [-0.1, -0.05) is 19.8 Å². The van der Waals surface area contributed by atoms with Crippen molar-refractivity contribution in [2.45, 2.75) is 52.4 Å². The lowest BCUT2D eigenvalue weighted by Gasteiger charge is -2.20. The Hall–Kier alpha value is -2.37. The summed E-state index contributed by atoms with van der Waals surface area (Å²) in [7, 11) is 0. The smallest absolute Gasteiger partial charge is 0.260 e. The molecule has 1 N–H and O–H groups in total. The van der Waals surface area contributed by atoms with E-state index in [-0.39, 0.29) is 24.2 Å². The summed E-state index contributed by atoms with van der Waals surface area (Å²) in [6, 6.07) is 4.92. The zero-order valence-electron chi connectivity index (χ0n) is 15.7. The molecule has 0 radical (unpaired) electrons. The zero-order chi connectivity index (χ0) is 18.9. The Labute approximate surface area is 154 Å². The van der Waals surface area contributed by atoms with Crippen LogP contribution >= 0.6 is 0 Å². The van der Waals surface area contributed by atoms with Gasteiger partial charge in [-0.15, -0.1) is 0 Å². The molecule has 6 heteroatoms. The van der Waals surface area contributed by atoms with Gasteiger partial charge in [0.15, 0.2) is 12.4 Å². The van der Waals surface area contributed by atoms with Gasteiger partial charge >= 0.3 is 0 Å². The summed E-state index contributed by atoms with van der Waals surface area (Å²) in [5, 5.41) is 2.77. The molecule has 1 aliphatic heterocycles. The SMILES string of the molecule is CCCC(=O)Nc1ccc(OCC(=O)N2CCCCCC2)c(C(C)=O)c1. The molecule has 2 amide bonds. The van der Waals surface area contributed by atoms with Gasteiger partial charge in [0.25, 0.3) is 5.91 Å². The van der Waals surface area contributed by atoms with Gasteiger partial charge in [0, 0.05) is 25.2 Å². The molecule has 1 aromatic carbocycles. The first-order chi connectivity index (χ1) is 12.5. The topological polar surface area (TPSA) is 75.7 Å². The number of amides is 2. The normalized spacial score (nSPS) is 14.5. The minimum Gasteiger partial charge on any atom is -0.483 e. The standard InChI is InChI=1S/C20H28N2O4/c1-3-8-19(24)21-16-9-10-18(17(13-16)15(2)23)26-14-20(25)22-11-6-4-5-7-12-22/h9-10,13H,3-8,11-12,14H2,1-2H3,(H,21,24). The van der Waals surface area contributed by atoms with Crippen LogP contribution in [0.1, 0.15) is 62.7 Å². The molecule has 1 aliphatic rings. The van der Waals surface area contributed by atoms with Gasteiger partial charge in [0.05, 0.1) is 5.56 Å². The summed E-state index contributed by atoms with van der Waals surface area (Å²) in [6.07, 6.45) is 5.55. The molecule has 1 heterocycles. The van der Waals surface area contributed by atoms with E-state index in [4.69, 9.17) is 4.74 Å². The van der Waals surface area contributed by atoms with Gasteiger partial charge in [-0.05, 0) is 44.4 Å². The molecule has 26 heavy (non-hydrogen) atoms. The number of carbonyl (C=O) groups excluding carboxylic acids is 3. The van der Waals surface area contributed by atoms with Crippen molar-refractivity contribution in [3.8, 4) is 5.75 Å². The summed E-state index contributed by atoms with van der Waals surface area (Å²) in [5.41, 5.74) is 0.919. The van der Waals surface area contributed by atoms with Gasteiger partial charge < -0.3 is 15.0 Å². The van der Waals surface area contributed by atoms with Crippen LogP contribution in [0.5, 0.6) is 5.75 Å². The number of carbonyl (C=O) groups is 3. The molecule has 0 spiro atoms. The molecule has 1 fully saturated rings. The summed E-state index contributed by atoms with van der Waals surface area (Å²) >= 11 is 0. The van der Waals surface area contributed by atoms with Crippen LogP contribution in [0.25, 0.3) is 0 Å². The minimum absolute atomic E-state index is 0.0540. The number of rotatable bonds is 7. The number of hydrogen-bond donors (Lipinski definition) is 1. The summed E-state index contributed by atoms with van der Waals surface area (Å²) in [6.45, 7) is 4.82. The predicted molar refractivity (Wildman–Crippen MR) is 101 cm³/mol. The number of ketones is 1. The van der Waals surface area contributed by atoms with Crippen LogP contribution in [0.4, 0.5) is 5.69 Å². The largest absolute Gasteiger partial charge is 0.483 e. The lowest BCUT2D eigenvalue weighted by atomic mass is 10.1. The summed E-state index contributed by atoms with van der Waals surface area (Å²) in [5.74, 6) is 0.0525.